The third-order valence-corrected chi connectivity index (χ3v) is 5.99. The van der Waals surface area contributed by atoms with Crippen LogP contribution in [0.2, 0.25) is 0 Å². The van der Waals surface area contributed by atoms with Gasteiger partial charge in [-0.15, -0.1) is 0 Å². The summed E-state index contributed by atoms with van der Waals surface area (Å²) in [5.41, 5.74) is 4.42. The van der Waals surface area contributed by atoms with Crippen molar-refractivity contribution in [3.63, 3.8) is 0 Å². The molecule has 0 aromatic heterocycles. The Balaban J connectivity index is 1.63. The van der Waals surface area contributed by atoms with Crippen LogP contribution in [-0.2, 0) is 13.0 Å². The molecular weight excluding hydrogens is 264 g/mol. The van der Waals surface area contributed by atoms with Crippen LogP contribution in [0.4, 0.5) is 5.69 Å². The lowest BCUT2D eigenvalue weighted by atomic mass is 9.99. The van der Waals surface area contributed by atoms with E-state index in [1.54, 1.807) is 0 Å². The molecule has 0 bridgehead atoms. The van der Waals surface area contributed by atoms with Crippen LogP contribution >= 0.6 is 11.8 Å². The van der Waals surface area contributed by atoms with Crippen LogP contribution in [-0.4, -0.2) is 31.1 Å². The van der Waals surface area contributed by atoms with Crippen LogP contribution in [0.3, 0.4) is 0 Å². The molecule has 0 spiro atoms. The number of rotatable bonds is 4. The Bertz CT molecular complexity index is 460. The number of hydrogen-bond acceptors (Lipinski definition) is 3. The molecule has 1 aliphatic carbocycles. The maximum Gasteiger partial charge on any atom is 0.0396 e. The lowest BCUT2D eigenvalue weighted by molar-refractivity contribution is 0.532. The number of fused-ring (bicyclic) bond motifs is 1. The Morgan fingerprint density at radius 3 is 3.05 bits per heavy atom. The average Bonchev–Trinajstić information content (AvgIpc) is 2.92. The first-order valence-electron chi connectivity index (χ1n) is 7.87. The molecule has 1 N–H and O–H groups in total. The Morgan fingerprint density at radius 2 is 2.20 bits per heavy atom. The topological polar surface area (TPSA) is 15.3 Å². The molecule has 0 amide bonds. The van der Waals surface area contributed by atoms with Gasteiger partial charge in [0.05, 0.1) is 0 Å². The van der Waals surface area contributed by atoms with Gasteiger partial charge in [-0.2, -0.15) is 11.8 Å². The molecule has 1 saturated carbocycles. The third kappa shape index (κ3) is 2.99. The number of anilines is 1. The van der Waals surface area contributed by atoms with E-state index in [4.69, 9.17) is 0 Å². The normalized spacial score (nSPS) is 25.8. The van der Waals surface area contributed by atoms with Gasteiger partial charge < -0.3 is 10.2 Å². The van der Waals surface area contributed by atoms with E-state index in [-0.39, 0.29) is 0 Å². The van der Waals surface area contributed by atoms with E-state index >= 15 is 0 Å². The van der Waals surface area contributed by atoms with Gasteiger partial charge in [-0.25, -0.2) is 0 Å². The number of thioether (sulfide) groups is 1. The van der Waals surface area contributed by atoms with Crippen molar-refractivity contribution in [2.24, 2.45) is 0 Å². The summed E-state index contributed by atoms with van der Waals surface area (Å²) in [4.78, 5) is 2.39. The van der Waals surface area contributed by atoms with Crippen molar-refractivity contribution in [2.75, 3.05) is 24.7 Å². The van der Waals surface area contributed by atoms with Crippen LogP contribution in [0.5, 0.6) is 0 Å². The fourth-order valence-electron chi connectivity index (χ4n) is 3.64. The molecule has 3 rings (SSSR count). The molecule has 2 unspecified atom stereocenters. The van der Waals surface area contributed by atoms with Gasteiger partial charge in [-0.1, -0.05) is 18.6 Å². The maximum atomic E-state index is 3.78. The predicted molar refractivity (Wildman–Crippen MR) is 89.8 cm³/mol. The highest BCUT2D eigenvalue weighted by molar-refractivity contribution is 7.99. The quantitative estimate of drug-likeness (QED) is 0.914. The molecule has 1 heterocycles. The van der Waals surface area contributed by atoms with Crippen LogP contribution in [0.15, 0.2) is 18.2 Å². The van der Waals surface area contributed by atoms with Crippen LogP contribution in [0, 0.1) is 0 Å². The minimum atomic E-state index is 0.712. The molecule has 1 aromatic carbocycles. The molecule has 1 fully saturated rings. The molecule has 2 aliphatic rings. The lowest BCUT2D eigenvalue weighted by Crippen LogP contribution is -2.33. The van der Waals surface area contributed by atoms with E-state index in [9.17, 15) is 0 Å². The van der Waals surface area contributed by atoms with E-state index < -0.39 is 0 Å². The molecule has 3 heteroatoms. The average molecular weight is 290 g/mol. The zero-order valence-electron chi connectivity index (χ0n) is 12.7. The van der Waals surface area contributed by atoms with Gasteiger partial charge in [0, 0.05) is 37.1 Å². The molecular formula is C17H26N2S. The highest BCUT2D eigenvalue weighted by Crippen LogP contribution is 2.29. The second-order valence-corrected chi connectivity index (χ2v) is 7.26. The fourth-order valence-corrected chi connectivity index (χ4v) is 4.60. The minimum Gasteiger partial charge on any atom is -0.374 e. The zero-order valence-corrected chi connectivity index (χ0v) is 13.5. The van der Waals surface area contributed by atoms with Crippen LogP contribution < -0.4 is 10.2 Å². The van der Waals surface area contributed by atoms with Crippen molar-refractivity contribution in [3.05, 3.63) is 29.3 Å². The van der Waals surface area contributed by atoms with Crippen molar-refractivity contribution in [1.82, 2.24) is 5.32 Å². The Labute approximate surface area is 127 Å². The fraction of sp³-hybridized carbons (Fsp3) is 0.647. The monoisotopic (exact) mass is 290 g/mol. The SMILES string of the molecule is CSC1CCCC1NCc1ccc2c(c1)CCCN2C. The number of benzene rings is 1. The van der Waals surface area contributed by atoms with Crippen molar-refractivity contribution >= 4 is 17.4 Å². The molecule has 20 heavy (non-hydrogen) atoms. The summed E-state index contributed by atoms with van der Waals surface area (Å²) in [6.45, 7) is 2.22. The summed E-state index contributed by atoms with van der Waals surface area (Å²) in [5.74, 6) is 0. The Kier molecular flexibility index (Phi) is 4.57. The van der Waals surface area contributed by atoms with Crippen molar-refractivity contribution in [1.29, 1.82) is 0 Å². The van der Waals surface area contributed by atoms with E-state index in [1.807, 2.05) is 11.8 Å². The van der Waals surface area contributed by atoms with Gasteiger partial charge >= 0.3 is 0 Å². The first-order valence-corrected chi connectivity index (χ1v) is 9.16. The Hall–Kier alpha value is -0.670. The van der Waals surface area contributed by atoms with E-state index in [0.29, 0.717) is 6.04 Å². The first-order chi connectivity index (χ1) is 9.78. The van der Waals surface area contributed by atoms with Crippen LogP contribution in [0.25, 0.3) is 0 Å². The Morgan fingerprint density at radius 1 is 1.30 bits per heavy atom. The molecule has 110 valence electrons. The molecule has 2 atom stereocenters. The summed E-state index contributed by atoms with van der Waals surface area (Å²) in [7, 11) is 2.21. The molecule has 2 nitrogen and oxygen atoms in total. The van der Waals surface area contributed by atoms with Gasteiger partial charge in [-0.05, 0) is 49.1 Å². The lowest BCUT2D eigenvalue weighted by Gasteiger charge is -2.28. The van der Waals surface area contributed by atoms with E-state index in [0.717, 1.165) is 11.8 Å². The second-order valence-electron chi connectivity index (χ2n) is 6.18. The van der Waals surface area contributed by atoms with Crippen LogP contribution in [0.1, 0.15) is 36.8 Å². The molecule has 1 aliphatic heterocycles. The summed E-state index contributed by atoms with van der Waals surface area (Å²) in [6.07, 6.45) is 8.90. The van der Waals surface area contributed by atoms with Gasteiger partial charge in [-0.3, -0.25) is 0 Å². The highest BCUT2D eigenvalue weighted by atomic mass is 32.2. The first kappa shape index (κ1) is 14.3. The van der Waals surface area contributed by atoms with Crippen molar-refractivity contribution in [2.45, 2.75) is 49.9 Å². The predicted octanol–water partition coefficient (Wildman–Crippen LogP) is 3.44. The maximum absolute atomic E-state index is 3.78. The van der Waals surface area contributed by atoms with Crippen molar-refractivity contribution < 1.29 is 0 Å². The largest absolute Gasteiger partial charge is 0.374 e. The van der Waals surface area contributed by atoms with Crippen molar-refractivity contribution in [3.8, 4) is 0 Å². The van der Waals surface area contributed by atoms with Gasteiger partial charge in [0.25, 0.3) is 0 Å². The highest BCUT2D eigenvalue weighted by Gasteiger charge is 2.25. The number of aryl methyl sites for hydroxylation is 1. The van der Waals surface area contributed by atoms with Gasteiger partial charge in [0.1, 0.15) is 0 Å². The summed E-state index contributed by atoms with van der Waals surface area (Å²) in [5, 5.41) is 4.60. The second kappa shape index (κ2) is 6.40. The number of nitrogens with zero attached hydrogens (tertiary/aromatic N) is 1. The zero-order chi connectivity index (χ0) is 13.9. The van der Waals surface area contributed by atoms with Gasteiger partial charge in [0.15, 0.2) is 0 Å². The molecule has 0 saturated heterocycles. The van der Waals surface area contributed by atoms with E-state index in [2.05, 4.69) is 41.7 Å². The van der Waals surface area contributed by atoms with Gasteiger partial charge in [0.2, 0.25) is 0 Å². The number of hydrogen-bond donors (Lipinski definition) is 1. The smallest absolute Gasteiger partial charge is 0.0396 e. The van der Waals surface area contributed by atoms with E-state index in [1.165, 1.54) is 55.5 Å². The summed E-state index contributed by atoms with van der Waals surface area (Å²) < 4.78 is 0. The minimum absolute atomic E-state index is 0.712. The molecule has 0 radical (unpaired) electrons. The summed E-state index contributed by atoms with van der Waals surface area (Å²) >= 11 is 2.03. The number of nitrogens with one attached hydrogen (secondary N) is 1. The standard InChI is InChI=1S/C17H26N2S/c1-19-10-4-5-14-11-13(8-9-16(14)19)12-18-15-6-3-7-17(15)20-2/h8-9,11,15,17-18H,3-7,10,12H2,1-2H3. The molecule has 1 aromatic rings. The third-order valence-electron chi connectivity index (χ3n) is 4.82. The summed E-state index contributed by atoms with van der Waals surface area (Å²) in [6, 6.07) is 7.74.